The Balaban J connectivity index is -0.0000000450. The third kappa shape index (κ3) is 661. The molecular formula is ErO9V3. The van der Waals surface area contributed by atoms with Crippen molar-refractivity contribution >= 4 is 0 Å². The van der Waals surface area contributed by atoms with Crippen LogP contribution in [-0.2, 0) is 68.2 Å². The standard InChI is InChI=1S/Er.9O.3V/q+3;;;;;;;3*-1;;;. The molecule has 0 unspecified atom stereocenters. The number of rotatable bonds is 0. The molecule has 0 aromatic carbocycles. The van der Waals surface area contributed by atoms with E-state index in [1.54, 1.807) is 0 Å². The fraction of sp³-hybridized carbons (Fsp3) is 0. The van der Waals surface area contributed by atoms with Crippen molar-refractivity contribution in [1.29, 1.82) is 0 Å². The summed E-state index contributed by atoms with van der Waals surface area (Å²) in [5.74, 6) is 0. The molecular weight excluding hydrogens is 464 g/mol. The third-order valence-electron chi connectivity index (χ3n) is 0. The van der Waals surface area contributed by atoms with E-state index in [1.807, 2.05) is 0 Å². The maximum absolute atomic E-state index is 8.56. The van der Waals surface area contributed by atoms with Gasteiger partial charge in [-0.2, -0.15) is 0 Å². The molecule has 0 saturated heterocycles. The quantitative estimate of drug-likeness (QED) is 0.344. The van der Waals surface area contributed by atoms with E-state index in [0.717, 1.165) is 0 Å². The van der Waals surface area contributed by atoms with Crippen molar-refractivity contribution in [2.24, 2.45) is 0 Å². The number of hydrogen-bond acceptors (Lipinski definition) is 9. The average molecular weight is 464 g/mol. The summed E-state index contributed by atoms with van der Waals surface area (Å²) in [5.41, 5.74) is 0. The summed E-state index contributed by atoms with van der Waals surface area (Å²) in [5, 5.41) is 0. The van der Waals surface area contributed by atoms with Crippen LogP contribution in [0.3, 0.4) is 0 Å². The van der Waals surface area contributed by atoms with Gasteiger partial charge in [0.2, 0.25) is 0 Å². The molecule has 0 saturated carbocycles. The fourth-order valence-electron chi connectivity index (χ4n) is 0. The van der Waals surface area contributed by atoms with Crippen molar-refractivity contribution in [3.05, 3.63) is 0 Å². The van der Waals surface area contributed by atoms with Crippen LogP contribution >= 0.6 is 0 Å². The van der Waals surface area contributed by atoms with Crippen LogP contribution in [0.1, 0.15) is 0 Å². The van der Waals surface area contributed by atoms with E-state index in [0.29, 0.717) is 0 Å². The second kappa shape index (κ2) is 19.3. The van der Waals surface area contributed by atoms with Gasteiger partial charge in [0.1, 0.15) is 0 Å². The Labute approximate surface area is 116 Å². The predicted molar refractivity (Wildman–Crippen MR) is 4.12 cm³/mol. The molecule has 0 amide bonds. The van der Waals surface area contributed by atoms with Crippen LogP contribution < -0.4 is 12.1 Å². The van der Waals surface area contributed by atoms with Crippen LogP contribution in [0.4, 0.5) is 0 Å². The molecule has 0 fully saturated rings. The van der Waals surface area contributed by atoms with E-state index < -0.39 is 46.2 Å². The van der Waals surface area contributed by atoms with E-state index in [9.17, 15) is 0 Å². The normalized spacial score (nSPS) is 5.77. The summed E-state index contributed by atoms with van der Waals surface area (Å²) in [4.78, 5) is 0. The zero-order valence-electron chi connectivity index (χ0n) is 5.30. The molecule has 13 heavy (non-hydrogen) atoms. The van der Waals surface area contributed by atoms with Crippen LogP contribution in [0.2, 0.25) is 0 Å². The van der Waals surface area contributed by atoms with Gasteiger partial charge in [0, 0.05) is 0 Å². The van der Waals surface area contributed by atoms with Crippen molar-refractivity contribution in [3.63, 3.8) is 0 Å². The molecule has 0 atom stereocenters. The molecule has 13 heteroatoms. The second-order valence-corrected chi connectivity index (χ2v) is 2.77. The maximum atomic E-state index is 8.56. The molecule has 0 aromatic rings. The van der Waals surface area contributed by atoms with Gasteiger partial charge in [0.05, 0.1) is 0 Å². The van der Waals surface area contributed by atoms with Gasteiger partial charge in [-0.3, -0.25) is 0 Å². The van der Waals surface area contributed by atoms with Crippen LogP contribution in [-0.4, -0.2) is 0 Å². The molecule has 9 nitrogen and oxygen atoms in total. The first-order valence-corrected chi connectivity index (χ1v) is 6.77. The molecule has 0 rings (SSSR count). The Morgan fingerprint density at radius 1 is 0.538 bits per heavy atom. The molecule has 0 aliphatic carbocycles. The zero-order valence-corrected chi connectivity index (χ0v) is 11.3. The van der Waals surface area contributed by atoms with Gasteiger partial charge in [-0.25, -0.2) is 0 Å². The molecule has 0 aromatic heterocycles. The Hall–Kier alpha value is 1.68. The van der Waals surface area contributed by atoms with Crippen molar-refractivity contribution in [3.8, 4) is 0 Å². The van der Waals surface area contributed by atoms with Gasteiger partial charge in [0.25, 0.3) is 0 Å². The first kappa shape index (κ1) is 24.1. The van der Waals surface area contributed by atoms with Crippen LogP contribution in [0.5, 0.6) is 0 Å². The first-order chi connectivity index (χ1) is 5.20. The number of hydrogen-bond donors (Lipinski definition) is 0. The summed E-state index contributed by atoms with van der Waals surface area (Å²) in [6, 6.07) is 0. The summed E-state index contributed by atoms with van der Waals surface area (Å²) in [6.07, 6.45) is 0. The summed E-state index contributed by atoms with van der Waals surface area (Å²) in [6.45, 7) is 0. The van der Waals surface area contributed by atoms with E-state index in [2.05, 4.69) is 0 Å². The minimum absolute atomic E-state index is 0. The van der Waals surface area contributed by atoms with Crippen molar-refractivity contribution in [2.75, 3.05) is 0 Å². The molecule has 0 heterocycles. The van der Waals surface area contributed by atoms with Gasteiger partial charge in [-0.1, -0.05) is 0 Å². The van der Waals surface area contributed by atoms with Crippen LogP contribution in [0, 0.1) is 37.3 Å². The third-order valence-corrected chi connectivity index (χ3v) is 0. The SMILES string of the molecule is [Er+3].[O]=[V](=[O])[O-].[O]=[V](=[O])[O-].[O]=[V](=[O])[O-]. The van der Waals surface area contributed by atoms with Crippen LogP contribution in [0.25, 0.3) is 0 Å². The van der Waals surface area contributed by atoms with Crippen molar-refractivity contribution in [1.82, 2.24) is 0 Å². The average Bonchev–Trinajstić information content (AvgIpc) is 1.54. The van der Waals surface area contributed by atoms with Gasteiger partial charge < -0.3 is 0 Å². The van der Waals surface area contributed by atoms with Gasteiger partial charge in [-0.15, -0.1) is 0 Å². The van der Waals surface area contributed by atoms with E-state index in [-0.39, 0.29) is 37.3 Å². The molecule has 0 aliphatic heterocycles. The predicted octanol–water partition coefficient (Wildman–Crippen LogP) is -4.29. The zero-order chi connectivity index (χ0) is 10.7. The Morgan fingerprint density at radius 3 is 0.538 bits per heavy atom. The molecule has 0 spiro atoms. The molecule has 0 bridgehead atoms. The molecule has 0 N–H and O–H groups in total. The van der Waals surface area contributed by atoms with E-state index >= 15 is 0 Å². The Kier molecular flexibility index (Phi) is 35.7. The first-order valence-electron chi connectivity index (χ1n) is 1.64. The van der Waals surface area contributed by atoms with Gasteiger partial charge in [0.15, 0.2) is 0 Å². The van der Waals surface area contributed by atoms with E-state index in [4.69, 9.17) is 34.1 Å². The molecule has 0 aliphatic rings. The van der Waals surface area contributed by atoms with Crippen molar-refractivity contribution in [2.45, 2.75) is 0 Å². The topological polar surface area (TPSA) is 172 Å². The monoisotopic (exact) mass is 463 g/mol. The summed E-state index contributed by atoms with van der Waals surface area (Å²) in [7, 11) is 0. The fourth-order valence-corrected chi connectivity index (χ4v) is 0. The molecule has 1 radical (unpaired) electrons. The summed E-state index contributed by atoms with van der Waals surface area (Å²) < 4.78 is 77.1. The Morgan fingerprint density at radius 2 is 0.538 bits per heavy atom. The summed E-state index contributed by atoms with van der Waals surface area (Å²) >= 11 is -11.8. The Bertz CT molecular complexity index is 208. The minimum atomic E-state index is -3.94. The molecule has 81 valence electrons. The van der Waals surface area contributed by atoms with Crippen LogP contribution in [0.15, 0.2) is 0 Å². The second-order valence-electron chi connectivity index (χ2n) is 0.671. The van der Waals surface area contributed by atoms with Gasteiger partial charge in [-0.05, 0) is 0 Å². The van der Waals surface area contributed by atoms with Gasteiger partial charge >= 0.3 is 118 Å². The van der Waals surface area contributed by atoms with Crippen molar-refractivity contribution < 1.29 is 118 Å². The van der Waals surface area contributed by atoms with E-state index in [1.165, 1.54) is 0 Å².